The number of nitrogens with one attached hydrogen (secondary N) is 5. The summed E-state index contributed by atoms with van der Waals surface area (Å²) in [5.74, 6) is -4.62. The number of urea groups is 1. The van der Waals surface area contributed by atoms with Crippen molar-refractivity contribution < 1.29 is 66.5 Å². The van der Waals surface area contributed by atoms with Gasteiger partial charge in [0.15, 0.2) is 18.0 Å². The van der Waals surface area contributed by atoms with Crippen LogP contribution < -0.4 is 37.9 Å². The van der Waals surface area contributed by atoms with Crippen LogP contribution in [0.4, 0.5) is 19.7 Å². The van der Waals surface area contributed by atoms with Crippen molar-refractivity contribution in [3.8, 4) is 11.4 Å². The van der Waals surface area contributed by atoms with Crippen LogP contribution in [0.3, 0.4) is 0 Å². The minimum atomic E-state index is -1.67. The number of imide groups is 1. The Morgan fingerprint density at radius 1 is 0.838 bits per heavy atom. The number of Topliss-reactive ketones (excluding diaryl/α,β-unsaturated/α-hetero) is 1. The number of ether oxygens (including phenoxy) is 3. The summed E-state index contributed by atoms with van der Waals surface area (Å²) in [7, 11) is 0. The van der Waals surface area contributed by atoms with Crippen molar-refractivity contribution in [2.75, 3.05) is 25.0 Å². The highest BCUT2D eigenvalue weighted by Crippen LogP contribution is 2.43. The third-order valence-corrected chi connectivity index (χ3v) is 14.4. The Morgan fingerprint density at radius 2 is 1.56 bits per heavy atom. The standard InChI is InChI=1S/C56H66FN9O14/c1-6-56(80-32(5)67)39-24-43-50-38(27-66(43)53(75)35(39)17-18-44(56)68)37(36-23-31(4)40(57)25-42(36)62-50)26-60-46(70)29-79-55(77)78-28-33-13-15-34(16-14-33)61-51(73)41(11-10-21-59-54(58)76)63-52(74)49(30(2)3)64-45(69)12-8-7-9-22-65-47(71)19-20-48(65)72/h13-16,23-25,30,41,49H,6-12,17-22,26-29H2,1-5H3,(H,60,70)(H,61,73)(H,63,74)(H,64,69)(H3,58,59,76)/t41-,49-,56-/m0/s1. The molecule has 4 heterocycles. The molecule has 2 aliphatic heterocycles. The number of amides is 8. The summed E-state index contributed by atoms with van der Waals surface area (Å²) in [6.45, 7) is 7.22. The first kappa shape index (κ1) is 59.1. The van der Waals surface area contributed by atoms with Gasteiger partial charge in [-0.05, 0) is 92.3 Å². The second-order valence-corrected chi connectivity index (χ2v) is 20.4. The van der Waals surface area contributed by atoms with E-state index >= 15 is 4.39 Å². The average molecular weight is 1110 g/mol. The Kier molecular flexibility index (Phi) is 19.2. The molecule has 0 spiro atoms. The summed E-state index contributed by atoms with van der Waals surface area (Å²) in [5.41, 5.74) is 6.83. The van der Waals surface area contributed by atoms with Gasteiger partial charge in [0.2, 0.25) is 29.5 Å². The number of pyridine rings is 2. The molecule has 0 radical (unpaired) electrons. The molecule has 1 saturated heterocycles. The Balaban J connectivity index is 0.923. The number of likely N-dealkylation sites (tertiary alicyclic amines) is 1. The molecule has 4 aromatic rings. The highest BCUT2D eigenvalue weighted by Gasteiger charge is 2.48. The summed E-state index contributed by atoms with van der Waals surface area (Å²) in [6.07, 6.45) is 1.50. The van der Waals surface area contributed by atoms with Gasteiger partial charge in [0.25, 0.3) is 11.5 Å². The van der Waals surface area contributed by atoms with Crippen LogP contribution in [0.1, 0.15) is 125 Å². The minimum absolute atomic E-state index is 0.000126. The zero-order valence-corrected chi connectivity index (χ0v) is 45.3. The Morgan fingerprint density at radius 3 is 2.24 bits per heavy atom. The van der Waals surface area contributed by atoms with Crippen molar-refractivity contribution in [2.45, 2.75) is 143 Å². The predicted octanol–water partition coefficient (Wildman–Crippen LogP) is 4.25. The van der Waals surface area contributed by atoms with Gasteiger partial charge in [-0.25, -0.2) is 19.0 Å². The normalized spacial score (nSPS) is 16.0. The summed E-state index contributed by atoms with van der Waals surface area (Å²) < 4.78 is 32.5. The largest absolute Gasteiger partial charge is 0.509 e. The van der Waals surface area contributed by atoms with Gasteiger partial charge in [-0.3, -0.25) is 48.1 Å². The van der Waals surface area contributed by atoms with Crippen LogP contribution in [0.25, 0.3) is 22.3 Å². The molecule has 7 N–H and O–H groups in total. The quantitative estimate of drug-likeness (QED) is 0.0286. The molecule has 23 nitrogen and oxygen atoms in total. The molecule has 3 atom stereocenters. The molecule has 7 rings (SSSR count). The van der Waals surface area contributed by atoms with Gasteiger partial charge >= 0.3 is 18.2 Å². The lowest BCUT2D eigenvalue weighted by molar-refractivity contribution is -0.168. The van der Waals surface area contributed by atoms with Crippen LogP contribution in [0, 0.1) is 18.7 Å². The Bertz CT molecular complexity index is 3180. The number of carbonyl (C=O) groups excluding carboxylic acids is 10. The highest BCUT2D eigenvalue weighted by atomic mass is 19.1. The monoisotopic (exact) mass is 1110 g/mol. The fraction of sp³-hybridized carbons (Fsp3) is 0.464. The summed E-state index contributed by atoms with van der Waals surface area (Å²) in [6, 6.07) is 7.78. The lowest BCUT2D eigenvalue weighted by atomic mass is 9.76. The van der Waals surface area contributed by atoms with E-state index in [1.807, 2.05) is 0 Å². The van der Waals surface area contributed by atoms with Crippen LogP contribution in [-0.4, -0.2) is 106 Å². The summed E-state index contributed by atoms with van der Waals surface area (Å²) in [4.78, 5) is 147. The lowest BCUT2D eigenvalue weighted by Crippen LogP contribution is -2.54. The number of anilines is 1. The van der Waals surface area contributed by atoms with Gasteiger partial charge in [-0.1, -0.05) is 39.3 Å². The van der Waals surface area contributed by atoms with Gasteiger partial charge in [0, 0.05) is 86.1 Å². The number of halogens is 1. The van der Waals surface area contributed by atoms with Crippen molar-refractivity contribution in [3.05, 3.63) is 92.0 Å². The van der Waals surface area contributed by atoms with Crippen LogP contribution in [-0.2, 0) is 84.3 Å². The van der Waals surface area contributed by atoms with Gasteiger partial charge < -0.3 is 51.1 Å². The van der Waals surface area contributed by atoms with E-state index in [1.54, 1.807) is 52.0 Å². The topological polar surface area (TPSA) is 323 Å². The van der Waals surface area contributed by atoms with E-state index in [4.69, 9.17) is 24.9 Å². The molecule has 24 heteroatoms. The van der Waals surface area contributed by atoms with E-state index in [1.165, 1.54) is 34.6 Å². The number of primary amides is 1. The molecule has 80 heavy (non-hydrogen) atoms. The number of esters is 1. The average Bonchev–Trinajstić information content (AvgIpc) is 3.96. The molecule has 1 fully saturated rings. The van der Waals surface area contributed by atoms with Crippen LogP contribution in [0.15, 0.2) is 47.3 Å². The van der Waals surface area contributed by atoms with Crippen molar-refractivity contribution in [3.63, 3.8) is 0 Å². The first-order valence-electron chi connectivity index (χ1n) is 26.6. The zero-order chi connectivity index (χ0) is 58.0. The molecule has 426 valence electrons. The number of hydrogen-bond donors (Lipinski definition) is 6. The smallest absolute Gasteiger partial charge is 0.446 e. The number of aromatic nitrogens is 2. The van der Waals surface area contributed by atoms with E-state index in [0.717, 1.165) is 0 Å². The van der Waals surface area contributed by atoms with Gasteiger partial charge in [0.1, 0.15) is 24.5 Å². The fourth-order valence-corrected chi connectivity index (χ4v) is 10.2. The van der Waals surface area contributed by atoms with Crippen LogP contribution in [0.2, 0.25) is 0 Å². The summed E-state index contributed by atoms with van der Waals surface area (Å²) >= 11 is 0. The second kappa shape index (κ2) is 25.9. The van der Waals surface area contributed by atoms with E-state index in [2.05, 4.69) is 26.6 Å². The summed E-state index contributed by atoms with van der Waals surface area (Å²) in [5, 5.41) is 13.9. The van der Waals surface area contributed by atoms with E-state index < -0.39 is 71.5 Å². The van der Waals surface area contributed by atoms with Crippen molar-refractivity contribution in [2.24, 2.45) is 11.7 Å². The van der Waals surface area contributed by atoms with Gasteiger partial charge in [-0.2, -0.15) is 0 Å². The number of aryl methyl sites for hydroxylation is 1. The molecular formula is C56H66FN9O14. The number of unbranched alkanes of at least 4 members (excludes halogenated alkanes) is 2. The molecule has 0 saturated carbocycles. The maximum atomic E-state index is 15.0. The molecule has 3 aliphatic rings. The van der Waals surface area contributed by atoms with Gasteiger partial charge in [-0.15, -0.1) is 0 Å². The maximum absolute atomic E-state index is 15.0. The number of rotatable bonds is 24. The first-order valence-corrected chi connectivity index (χ1v) is 26.6. The number of fused-ring (bicyclic) bond motifs is 5. The zero-order valence-electron chi connectivity index (χ0n) is 45.3. The molecule has 8 amide bonds. The molecule has 0 bridgehead atoms. The van der Waals surface area contributed by atoms with Crippen molar-refractivity contribution in [1.29, 1.82) is 0 Å². The Hall–Kier alpha value is -8.57. The third kappa shape index (κ3) is 13.8. The third-order valence-electron chi connectivity index (χ3n) is 14.4. The SMILES string of the molecule is CC[C@@]1(OC(C)=O)C(=O)CCc2c1cc1n(c2=O)Cc2c-1nc1cc(F)c(C)cc1c2CNC(=O)COC(=O)OCc1ccc(NC(=O)[C@H](CCCNC(N)=O)NC(=O)[C@@H](NC(=O)CCCCCN2C(=O)CCC2=O)C(C)C)cc1. The van der Waals surface area contributed by atoms with Crippen molar-refractivity contribution in [1.82, 2.24) is 35.7 Å². The number of carbonyl (C=O) groups is 10. The van der Waals surface area contributed by atoms with Gasteiger partial charge in [0.05, 0.1) is 23.4 Å². The lowest BCUT2D eigenvalue weighted by Gasteiger charge is -2.36. The number of hydrogen-bond acceptors (Lipinski definition) is 15. The number of nitrogens with zero attached hydrogens (tertiary/aromatic N) is 3. The van der Waals surface area contributed by atoms with Crippen LogP contribution >= 0.6 is 0 Å². The minimum Gasteiger partial charge on any atom is -0.446 e. The molecular weight excluding hydrogens is 1040 g/mol. The van der Waals surface area contributed by atoms with Crippen LogP contribution in [0.5, 0.6) is 0 Å². The molecule has 1 aliphatic carbocycles. The Labute approximate surface area is 459 Å². The maximum Gasteiger partial charge on any atom is 0.509 e. The molecule has 2 aromatic carbocycles. The highest BCUT2D eigenvalue weighted by molar-refractivity contribution is 6.02. The number of ketones is 1. The van der Waals surface area contributed by atoms with E-state index in [-0.39, 0.29) is 118 Å². The van der Waals surface area contributed by atoms with Crippen molar-refractivity contribution >= 4 is 76.0 Å². The number of nitrogens with two attached hydrogens (primary N) is 1. The molecule has 2 aromatic heterocycles. The predicted molar refractivity (Wildman–Crippen MR) is 285 cm³/mol. The fourth-order valence-electron chi connectivity index (χ4n) is 10.2. The van der Waals surface area contributed by atoms with E-state index in [0.29, 0.717) is 76.1 Å². The second-order valence-electron chi connectivity index (χ2n) is 20.4. The first-order chi connectivity index (χ1) is 38.1. The number of benzene rings is 2. The van der Waals surface area contributed by atoms with E-state index in [9.17, 15) is 52.7 Å². The molecule has 0 unspecified atom stereocenters.